The van der Waals surface area contributed by atoms with E-state index in [4.69, 9.17) is 0 Å². The summed E-state index contributed by atoms with van der Waals surface area (Å²) in [6.45, 7) is 0.640. The van der Waals surface area contributed by atoms with Gasteiger partial charge in [0.2, 0.25) is 17.8 Å². The average molecular weight is 341 g/mol. The molecule has 1 aliphatic rings. The third-order valence-electron chi connectivity index (χ3n) is 4.30. The van der Waals surface area contributed by atoms with Crippen LogP contribution in [0, 0.1) is 0 Å². The predicted molar refractivity (Wildman–Crippen MR) is 95.0 cm³/mol. The van der Waals surface area contributed by atoms with Crippen molar-refractivity contribution in [1.29, 1.82) is 0 Å². The van der Waals surface area contributed by atoms with Gasteiger partial charge in [0.1, 0.15) is 0 Å². The maximum atomic E-state index is 12.0. The zero-order valence-electron chi connectivity index (χ0n) is 14.2. The molecule has 0 unspecified atom stereocenters. The fraction of sp³-hybridized carbons (Fsp3) is 0.444. The standard InChI is InChI=1S/C18H23N5O2/c24-16(19-12-11-14-6-2-1-3-7-14)9-10-17(25)20-18-22-21-15-8-4-5-13-23(15)18/h4-6,8,13H,1-3,7,9-12H2,(H,19,24)(H,20,22,25). The Bertz CT molecular complexity index is 781. The molecule has 7 heteroatoms. The number of carbonyl (C=O) groups is 2. The molecular weight excluding hydrogens is 318 g/mol. The summed E-state index contributed by atoms with van der Waals surface area (Å²) in [4.78, 5) is 23.9. The first-order chi connectivity index (χ1) is 12.2. The van der Waals surface area contributed by atoms with E-state index in [1.807, 2.05) is 12.1 Å². The van der Waals surface area contributed by atoms with Crippen molar-refractivity contribution >= 4 is 23.4 Å². The molecule has 132 valence electrons. The predicted octanol–water partition coefficient (Wildman–Crippen LogP) is 2.45. The first-order valence-corrected chi connectivity index (χ1v) is 8.76. The van der Waals surface area contributed by atoms with Crippen molar-refractivity contribution < 1.29 is 9.59 Å². The minimum Gasteiger partial charge on any atom is -0.356 e. The van der Waals surface area contributed by atoms with Crippen molar-refractivity contribution in [2.45, 2.75) is 44.9 Å². The highest BCUT2D eigenvalue weighted by Gasteiger charge is 2.11. The van der Waals surface area contributed by atoms with Crippen LogP contribution in [0.2, 0.25) is 0 Å². The number of anilines is 1. The van der Waals surface area contributed by atoms with E-state index in [0.29, 0.717) is 18.1 Å². The van der Waals surface area contributed by atoms with Gasteiger partial charge in [0.25, 0.3) is 0 Å². The fourth-order valence-corrected chi connectivity index (χ4v) is 2.92. The zero-order chi connectivity index (χ0) is 17.5. The number of hydrogen-bond acceptors (Lipinski definition) is 4. The highest BCUT2D eigenvalue weighted by atomic mass is 16.2. The fourth-order valence-electron chi connectivity index (χ4n) is 2.92. The lowest BCUT2D eigenvalue weighted by molar-refractivity contribution is -0.124. The first kappa shape index (κ1) is 17.1. The lowest BCUT2D eigenvalue weighted by Crippen LogP contribution is -2.26. The highest BCUT2D eigenvalue weighted by molar-refractivity contribution is 5.92. The average Bonchev–Trinajstić information content (AvgIpc) is 3.04. The molecule has 0 atom stereocenters. The van der Waals surface area contributed by atoms with Gasteiger partial charge in [-0.15, -0.1) is 10.2 Å². The van der Waals surface area contributed by atoms with E-state index >= 15 is 0 Å². The van der Waals surface area contributed by atoms with Crippen LogP contribution in [-0.4, -0.2) is 33.0 Å². The summed E-state index contributed by atoms with van der Waals surface area (Å²) in [7, 11) is 0. The van der Waals surface area contributed by atoms with Gasteiger partial charge in [-0.2, -0.15) is 0 Å². The maximum absolute atomic E-state index is 12.0. The molecule has 2 amide bonds. The Morgan fingerprint density at radius 1 is 1.12 bits per heavy atom. The molecule has 3 rings (SSSR count). The Kier molecular flexibility index (Phi) is 5.77. The summed E-state index contributed by atoms with van der Waals surface area (Å²) >= 11 is 0. The minimum atomic E-state index is -0.247. The van der Waals surface area contributed by atoms with Gasteiger partial charge in [0, 0.05) is 25.6 Å². The van der Waals surface area contributed by atoms with Gasteiger partial charge in [0.05, 0.1) is 0 Å². The van der Waals surface area contributed by atoms with E-state index in [0.717, 1.165) is 19.3 Å². The van der Waals surface area contributed by atoms with E-state index in [2.05, 4.69) is 26.9 Å². The molecule has 2 aromatic heterocycles. The Morgan fingerprint density at radius 2 is 2.00 bits per heavy atom. The minimum absolute atomic E-state index is 0.0994. The van der Waals surface area contributed by atoms with Crippen LogP contribution >= 0.6 is 0 Å². The summed E-state index contributed by atoms with van der Waals surface area (Å²) < 4.78 is 1.69. The molecule has 0 radical (unpaired) electrons. The molecule has 2 N–H and O–H groups in total. The van der Waals surface area contributed by atoms with E-state index in [1.165, 1.54) is 18.4 Å². The van der Waals surface area contributed by atoms with E-state index in [-0.39, 0.29) is 24.7 Å². The normalized spacial score (nSPS) is 14.2. The van der Waals surface area contributed by atoms with Crippen molar-refractivity contribution in [3.63, 3.8) is 0 Å². The van der Waals surface area contributed by atoms with Crippen LogP contribution in [0.3, 0.4) is 0 Å². The second-order valence-corrected chi connectivity index (χ2v) is 6.21. The molecule has 7 nitrogen and oxygen atoms in total. The summed E-state index contributed by atoms with van der Waals surface area (Å²) in [5, 5.41) is 13.5. The molecular formula is C18H23N5O2. The van der Waals surface area contributed by atoms with Gasteiger partial charge >= 0.3 is 0 Å². The monoisotopic (exact) mass is 341 g/mol. The van der Waals surface area contributed by atoms with Crippen LogP contribution in [0.4, 0.5) is 5.95 Å². The lowest BCUT2D eigenvalue weighted by Gasteiger charge is -2.12. The van der Waals surface area contributed by atoms with Gasteiger partial charge in [-0.3, -0.25) is 19.3 Å². The number of rotatable bonds is 7. The molecule has 0 bridgehead atoms. The topological polar surface area (TPSA) is 88.4 Å². The largest absolute Gasteiger partial charge is 0.356 e. The second-order valence-electron chi connectivity index (χ2n) is 6.21. The molecule has 2 heterocycles. The first-order valence-electron chi connectivity index (χ1n) is 8.76. The number of nitrogens with zero attached hydrogens (tertiary/aromatic N) is 3. The van der Waals surface area contributed by atoms with Crippen molar-refractivity contribution in [2.24, 2.45) is 0 Å². The van der Waals surface area contributed by atoms with E-state index < -0.39 is 0 Å². The van der Waals surface area contributed by atoms with Crippen LogP contribution in [0.15, 0.2) is 36.0 Å². The SMILES string of the molecule is O=C(CCC(=O)Nc1nnc2ccccn12)NCCC1=CCCCC1. The molecule has 0 saturated carbocycles. The van der Waals surface area contributed by atoms with Gasteiger partial charge < -0.3 is 5.32 Å². The quantitative estimate of drug-likeness (QED) is 0.757. The number of pyridine rings is 1. The molecule has 0 spiro atoms. The number of amides is 2. The van der Waals surface area contributed by atoms with Crippen LogP contribution < -0.4 is 10.6 Å². The number of hydrogen-bond donors (Lipinski definition) is 2. The van der Waals surface area contributed by atoms with Gasteiger partial charge in [-0.05, 0) is 44.2 Å². The van der Waals surface area contributed by atoms with E-state index in [1.54, 1.807) is 16.7 Å². The maximum Gasteiger partial charge on any atom is 0.235 e. The Labute approximate surface area is 146 Å². The Morgan fingerprint density at radius 3 is 2.84 bits per heavy atom. The molecule has 0 fully saturated rings. The molecule has 25 heavy (non-hydrogen) atoms. The molecule has 2 aromatic rings. The van der Waals surface area contributed by atoms with E-state index in [9.17, 15) is 9.59 Å². The summed E-state index contributed by atoms with van der Waals surface area (Å²) in [5.74, 6) is 0.0196. The summed E-state index contributed by atoms with van der Waals surface area (Å²) in [6.07, 6.45) is 10.1. The number of allylic oxidation sites excluding steroid dienone is 1. The van der Waals surface area contributed by atoms with Crippen molar-refractivity contribution in [2.75, 3.05) is 11.9 Å². The molecule has 1 aliphatic carbocycles. The molecule has 0 saturated heterocycles. The third kappa shape index (κ3) is 4.89. The van der Waals surface area contributed by atoms with Crippen LogP contribution in [0.1, 0.15) is 44.9 Å². The number of fused-ring (bicyclic) bond motifs is 1. The molecule has 0 aliphatic heterocycles. The van der Waals surface area contributed by atoms with Crippen LogP contribution in [0.25, 0.3) is 5.65 Å². The van der Waals surface area contributed by atoms with Crippen molar-refractivity contribution in [1.82, 2.24) is 19.9 Å². The smallest absolute Gasteiger partial charge is 0.235 e. The Balaban J connectivity index is 1.38. The van der Waals surface area contributed by atoms with Crippen LogP contribution in [0.5, 0.6) is 0 Å². The summed E-state index contributed by atoms with van der Waals surface area (Å²) in [5.41, 5.74) is 2.09. The number of nitrogens with one attached hydrogen (secondary N) is 2. The molecule has 0 aromatic carbocycles. The highest BCUT2D eigenvalue weighted by Crippen LogP contribution is 2.19. The number of carbonyl (C=O) groups excluding carboxylic acids is 2. The Hall–Kier alpha value is -2.70. The van der Waals surface area contributed by atoms with Gasteiger partial charge in [-0.25, -0.2) is 0 Å². The lowest BCUT2D eigenvalue weighted by atomic mass is 9.97. The van der Waals surface area contributed by atoms with Crippen molar-refractivity contribution in [3.05, 3.63) is 36.0 Å². The third-order valence-corrected chi connectivity index (χ3v) is 4.30. The van der Waals surface area contributed by atoms with Crippen LogP contribution in [-0.2, 0) is 9.59 Å². The summed E-state index contributed by atoms with van der Waals surface area (Å²) in [6, 6.07) is 5.49. The van der Waals surface area contributed by atoms with Gasteiger partial charge in [-0.1, -0.05) is 17.7 Å². The van der Waals surface area contributed by atoms with Gasteiger partial charge in [0.15, 0.2) is 5.65 Å². The number of aromatic nitrogens is 3. The van der Waals surface area contributed by atoms with Crippen molar-refractivity contribution in [3.8, 4) is 0 Å². The second kappa shape index (κ2) is 8.41. The zero-order valence-corrected chi connectivity index (χ0v) is 14.2.